The second kappa shape index (κ2) is 6.83. The number of guanidine groups is 1. The predicted octanol–water partition coefficient (Wildman–Crippen LogP) is 2.19. The molecule has 3 unspecified atom stereocenters. The molecular weight excluding hydrogens is 302 g/mol. The average Bonchev–Trinajstić information content (AvgIpc) is 3.23. The first kappa shape index (κ1) is 16.6. The van der Waals surface area contributed by atoms with Gasteiger partial charge in [0.05, 0.1) is 12.2 Å². The maximum Gasteiger partial charge on any atom is 0.191 e. The molecule has 1 spiro atoms. The van der Waals surface area contributed by atoms with Crippen LogP contribution in [0.15, 0.2) is 4.99 Å². The van der Waals surface area contributed by atoms with Gasteiger partial charge in [-0.2, -0.15) is 0 Å². The van der Waals surface area contributed by atoms with Gasteiger partial charge in [-0.05, 0) is 51.9 Å². The predicted molar refractivity (Wildman–Crippen MR) is 95.0 cm³/mol. The van der Waals surface area contributed by atoms with E-state index in [1.807, 2.05) is 0 Å². The summed E-state index contributed by atoms with van der Waals surface area (Å²) in [5.41, 5.74) is 0.361. The third-order valence-corrected chi connectivity index (χ3v) is 6.93. The lowest BCUT2D eigenvalue weighted by molar-refractivity contribution is -0.125. The monoisotopic (exact) mass is 335 g/mol. The highest BCUT2D eigenvalue weighted by Gasteiger charge is 2.65. The summed E-state index contributed by atoms with van der Waals surface area (Å²) in [6.45, 7) is 3.83. The van der Waals surface area contributed by atoms with Gasteiger partial charge in [-0.1, -0.05) is 12.8 Å². The molecule has 4 aliphatic rings. The zero-order chi connectivity index (χ0) is 16.6. The zero-order valence-electron chi connectivity index (χ0n) is 15.0. The van der Waals surface area contributed by atoms with Gasteiger partial charge in [-0.3, -0.25) is 4.99 Å². The van der Waals surface area contributed by atoms with Crippen molar-refractivity contribution in [2.75, 3.05) is 13.2 Å². The molecule has 3 saturated carbocycles. The minimum Gasteiger partial charge on any atom is -0.393 e. The standard InChI is InChI=1S/C19H33N3O2/c1-2-20-18(21-13-5-7-14(23)8-6-13)22-16-15-9-12-24-17(15)19(16)10-3-4-11-19/h13-17,23H,2-12H2,1H3,(H2,20,21,22). The maximum atomic E-state index is 9.71. The van der Waals surface area contributed by atoms with Crippen molar-refractivity contribution in [1.29, 1.82) is 0 Å². The van der Waals surface area contributed by atoms with Crippen LogP contribution in [0.1, 0.15) is 64.7 Å². The molecule has 5 heteroatoms. The minimum atomic E-state index is -0.104. The summed E-state index contributed by atoms with van der Waals surface area (Å²) in [7, 11) is 0. The van der Waals surface area contributed by atoms with Crippen molar-refractivity contribution in [2.24, 2.45) is 16.3 Å². The van der Waals surface area contributed by atoms with Crippen LogP contribution in [0.2, 0.25) is 0 Å². The van der Waals surface area contributed by atoms with Crippen LogP contribution in [-0.2, 0) is 4.74 Å². The molecule has 0 aromatic heterocycles. The SMILES string of the molecule is CCN=C(NC1CCC(O)CC1)NC1C2CCOC2C12CCCC2. The third kappa shape index (κ3) is 2.84. The number of rotatable bonds is 3. The number of aliphatic hydroxyl groups is 1. The second-order valence-corrected chi connectivity index (χ2v) is 8.28. The van der Waals surface area contributed by atoms with Crippen LogP contribution in [-0.4, -0.2) is 48.5 Å². The number of hydrogen-bond donors (Lipinski definition) is 3. The molecule has 3 atom stereocenters. The van der Waals surface area contributed by atoms with Crippen molar-refractivity contribution in [2.45, 2.75) is 89.0 Å². The largest absolute Gasteiger partial charge is 0.393 e. The van der Waals surface area contributed by atoms with Crippen molar-refractivity contribution in [3.05, 3.63) is 0 Å². The van der Waals surface area contributed by atoms with Gasteiger partial charge in [0.25, 0.3) is 0 Å². The highest BCUT2D eigenvalue weighted by atomic mass is 16.5. The zero-order valence-corrected chi connectivity index (χ0v) is 15.0. The number of aliphatic hydroxyl groups excluding tert-OH is 1. The third-order valence-electron chi connectivity index (χ3n) is 6.93. The van der Waals surface area contributed by atoms with Gasteiger partial charge >= 0.3 is 0 Å². The first-order chi connectivity index (χ1) is 11.7. The molecule has 4 fully saturated rings. The van der Waals surface area contributed by atoms with Gasteiger partial charge in [0.15, 0.2) is 5.96 Å². The molecule has 4 rings (SSSR count). The number of aliphatic imine (C=N–C) groups is 1. The quantitative estimate of drug-likeness (QED) is 0.546. The lowest BCUT2D eigenvalue weighted by Gasteiger charge is -2.57. The van der Waals surface area contributed by atoms with Gasteiger partial charge < -0.3 is 20.5 Å². The molecule has 24 heavy (non-hydrogen) atoms. The van der Waals surface area contributed by atoms with Crippen molar-refractivity contribution >= 4 is 5.96 Å². The average molecular weight is 335 g/mol. The van der Waals surface area contributed by atoms with Gasteiger partial charge in [0.2, 0.25) is 0 Å². The van der Waals surface area contributed by atoms with Gasteiger partial charge in [-0.25, -0.2) is 0 Å². The molecular formula is C19H33N3O2. The number of fused-ring (bicyclic) bond motifs is 2. The summed E-state index contributed by atoms with van der Waals surface area (Å²) >= 11 is 0. The number of hydrogen-bond acceptors (Lipinski definition) is 3. The molecule has 0 bridgehead atoms. The fourth-order valence-corrected chi connectivity index (χ4v) is 5.76. The molecule has 3 aliphatic carbocycles. The molecule has 0 aromatic rings. The molecule has 1 saturated heterocycles. The lowest BCUT2D eigenvalue weighted by Crippen LogP contribution is -2.69. The first-order valence-corrected chi connectivity index (χ1v) is 10.1. The van der Waals surface area contributed by atoms with Crippen LogP contribution in [0.25, 0.3) is 0 Å². The van der Waals surface area contributed by atoms with E-state index in [1.165, 1.54) is 32.1 Å². The van der Waals surface area contributed by atoms with Crippen LogP contribution in [0.5, 0.6) is 0 Å². The maximum absolute atomic E-state index is 9.71. The molecule has 1 aliphatic heterocycles. The summed E-state index contributed by atoms with van der Waals surface area (Å²) in [5.74, 6) is 1.65. The molecule has 5 nitrogen and oxygen atoms in total. The summed E-state index contributed by atoms with van der Waals surface area (Å²) in [5, 5.41) is 17.2. The molecule has 3 N–H and O–H groups in total. The first-order valence-electron chi connectivity index (χ1n) is 10.1. The van der Waals surface area contributed by atoms with Crippen LogP contribution < -0.4 is 10.6 Å². The lowest BCUT2D eigenvalue weighted by atomic mass is 9.54. The summed E-state index contributed by atoms with van der Waals surface area (Å²) in [6, 6.07) is 0.973. The molecule has 136 valence electrons. The molecule has 0 radical (unpaired) electrons. The normalized spacial score (nSPS) is 41.1. The van der Waals surface area contributed by atoms with Crippen LogP contribution in [0, 0.1) is 11.3 Å². The molecule has 0 amide bonds. The van der Waals surface area contributed by atoms with Gasteiger partial charge in [-0.15, -0.1) is 0 Å². The summed E-state index contributed by atoms with van der Waals surface area (Å²) in [6.07, 6.45) is 10.8. The van der Waals surface area contributed by atoms with E-state index >= 15 is 0 Å². The molecule has 1 heterocycles. The van der Waals surface area contributed by atoms with Crippen molar-refractivity contribution < 1.29 is 9.84 Å². The van der Waals surface area contributed by atoms with E-state index in [9.17, 15) is 5.11 Å². The number of nitrogens with zero attached hydrogens (tertiary/aromatic N) is 1. The fraction of sp³-hybridized carbons (Fsp3) is 0.947. The molecule has 0 aromatic carbocycles. The van der Waals surface area contributed by atoms with Crippen LogP contribution in [0.3, 0.4) is 0 Å². The van der Waals surface area contributed by atoms with Crippen LogP contribution >= 0.6 is 0 Å². The van der Waals surface area contributed by atoms with E-state index in [2.05, 4.69) is 17.6 Å². The Bertz CT molecular complexity index is 467. The fourth-order valence-electron chi connectivity index (χ4n) is 5.76. The van der Waals surface area contributed by atoms with E-state index in [1.54, 1.807) is 0 Å². The van der Waals surface area contributed by atoms with Crippen molar-refractivity contribution in [3.8, 4) is 0 Å². The Labute approximate surface area is 145 Å². The number of nitrogens with one attached hydrogen (secondary N) is 2. The second-order valence-electron chi connectivity index (χ2n) is 8.28. The summed E-state index contributed by atoms with van der Waals surface area (Å²) < 4.78 is 6.10. The van der Waals surface area contributed by atoms with Crippen LogP contribution in [0.4, 0.5) is 0 Å². The Morgan fingerprint density at radius 1 is 1.12 bits per heavy atom. The minimum absolute atomic E-state index is 0.104. The Morgan fingerprint density at radius 3 is 2.58 bits per heavy atom. The van der Waals surface area contributed by atoms with E-state index < -0.39 is 0 Å². The van der Waals surface area contributed by atoms with Gasteiger partial charge in [0.1, 0.15) is 0 Å². The highest BCUT2D eigenvalue weighted by Crippen LogP contribution is 2.60. The Kier molecular flexibility index (Phi) is 4.74. The van der Waals surface area contributed by atoms with E-state index in [-0.39, 0.29) is 6.10 Å². The van der Waals surface area contributed by atoms with Gasteiger partial charge in [0, 0.05) is 36.6 Å². The highest BCUT2D eigenvalue weighted by molar-refractivity contribution is 5.80. The summed E-state index contributed by atoms with van der Waals surface area (Å²) in [4.78, 5) is 4.72. The Balaban J connectivity index is 1.42. The van der Waals surface area contributed by atoms with Crippen molar-refractivity contribution in [3.63, 3.8) is 0 Å². The van der Waals surface area contributed by atoms with E-state index in [0.29, 0.717) is 29.5 Å². The topological polar surface area (TPSA) is 65.9 Å². The van der Waals surface area contributed by atoms with E-state index in [4.69, 9.17) is 9.73 Å². The van der Waals surface area contributed by atoms with Crippen molar-refractivity contribution in [1.82, 2.24) is 10.6 Å². The Morgan fingerprint density at radius 2 is 1.88 bits per heavy atom. The smallest absolute Gasteiger partial charge is 0.191 e. The van der Waals surface area contributed by atoms with E-state index in [0.717, 1.165) is 44.8 Å². The Hall–Kier alpha value is -0.810. The number of ether oxygens (including phenoxy) is 1.